The largest absolute Gasteiger partial charge is 0.472 e. The number of unbranched alkanes of at least 4 members (excludes halogenated alkanes) is 38. The van der Waals surface area contributed by atoms with Crippen LogP contribution >= 0.6 is 15.6 Å². The summed E-state index contributed by atoms with van der Waals surface area (Å²) >= 11 is 0. The molecular weight excluding hydrogens is 1160 g/mol. The molecule has 522 valence electrons. The SMILES string of the molecule is CCCCCCCCCCCCC(=O)O[C@H](COC(=O)CCCCCCCCCCC)COP(=O)(O)OC[C@H](O)COP(=O)(O)OC[C@@H](COC(=O)CCCCCCCCCCC(C)C)OC(=O)CCCCCCCCCCCCCCCCCC(C)C. The van der Waals surface area contributed by atoms with Crippen LogP contribution < -0.4 is 0 Å². The van der Waals surface area contributed by atoms with E-state index in [1.165, 1.54) is 167 Å². The first-order chi connectivity index (χ1) is 42.4. The highest BCUT2D eigenvalue weighted by Gasteiger charge is 2.30. The van der Waals surface area contributed by atoms with Crippen molar-refractivity contribution in [1.29, 1.82) is 0 Å². The Morgan fingerprint density at radius 2 is 0.523 bits per heavy atom. The lowest BCUT2D eigenvalue weighted by Crippen LogP contribution is -2.30. The second-order valence-electron chi connectivity index (χ2n) is 25.9. The van der Waals surface area contributed by atoms with Crippen LogP contribution in [0.25, 0.3) is 0 Å². The Labute approximate surface area is 537 Å². The topological polar surface area (TPSA) is 237 Å². The van der Waals surface area contributed by atoms with Crippen LogP contribution in [0.2, 0.25) is 0 Å². The average Bonchev–Trinajstić information content (AvgIpc) is 3.59. The van der Waals surface area contributed by atoms with Gasteiger partial charge in [0.25, 0.3) is 0 Å². The molecule has 0 amide bonds. The van der Waals surface area contributed by atoms with Crippen LogP contribution in [0.1, 0.15) is 350 Å². The number of carbonyl (C=O) groups is 4. The van der Waals surface area contributed by atoms with Gasteiger partial charge in [0.2, 0.25) is 0 Å². The fraction of sp³-hybridized carbons (Fsp3) is 0.942. The van der Waals surface area contributed by atoms with E-state index in [0.29, 0.717) is 25.7 Å². The van der Waals surface area contributed by atoms with Crippen LogP contribution in [0.3, 0.4) is 0 Å². The molecule has 0 saturated heterocycles. The van der Waals surface area contributed by atoms with Crippen LogP contribution in [0.4, 0.5) is 0 Å². The molecule has 17 nitrogen and oxygen atoms in total. The van der Waals surface area contributed by atoms with E-state index in [-0.39, 0.29) is 25.7 Å². The summed E-state index contributed by atoms with van der Waals surface area (Å²) in [5.41, 5.74) is 0. The molecule has 0 spiro atoms. The number of aliphatic hydroxyl groups is 1. The second-order valence-corrected chi connectivity index (χ2v) is 28.8. The Morgan fingerprint density at radius 1 is 0.307 bits per heavy atom. The van der Waals surface area contributed by atoms with Gasteiger partial charge in [0.15, 0.2) is 12.2 Å². The van der Waals surface area contributed by atoms with Crippen molar-refractivity contribution in [3.8, 4) is 0 Å². The van der Waals surface area contributed by atoms with Crippen LogP contribution in [0.15, 0.2) is 0 Å². The number of phosphoric acid groups is 2. The molecule has 0 saturated carbocycles. The normalized spacial score (nSPS) is 14.2. The number of rotatable bonds is 68. The lowest BCUT2D eigenvalue weighted by Gasteiger charge is -2.21. The zero-order valence-corrected chi connectivity index (χ0v) is 58.8. The minimum atomic E-state index is -4.95. The number of ether oxygens (including phenoxy) is 4. The zero-order valence-electron chi connectivity index (χ0n) is 57.0. The van der Waals surface area contributed by atoms with Gasteiger partial charge in [0.1, 0.15) is 19.3 Å². The second kappa shape index (κ2) is 61.3. The minimum Gasteiger partial charge on any atom is -0.462 e. The van der Waals surface area contributed by atoms with Crippen molar-refractivity contribution in [2.24, 2.45) is 11.8 Å². The average molecular weight is 1300 g/mol. The molecule has 0 fully saturated rings. The van der Waals surface area contributed by atoms with Gasteiger partial charge in [-0.3, -0.25) is 37.3 Å². The maximum absolute atomic E-state index is 13.0. The van der Waals surface area contributed by atoms with Gasteiger partial charge < -0.3 is 33.8 Å². The molecule has 0 aliphatic carbocycles. The minimum absolute atomic E-state index is 0.106. The fourth-order valence-electron chi connectivity index (χ4n) is 10.4. The van der Waals surface area contributed by atoms with E-state index in [1.807, 2.05) is 0 Å². The molecule has 0 aromatic carbocycles. The standard InChI is InChI=1S/C69H134O17P2/c1-7-9-11-13-15-17-27-35-41-47-53-68(73)85-64(57-79-66(71)51-45-39-33-25-16-14-12-10-8-2)59-83-87(75,76)81-55-63(70)56-82-88(77,78)84-60-65(58-80-67(72)52-46-40-34-30-29-32-38-44-50-62(5)6)86-69(74)54-48-42-36-28-24-22-20-18-19-21-23-26-31-37-43-49-61(3)4/h61-65,70H,7-60H2,1-6H3,(H,75,76)(H,77,78)/t63-,64+,65+/m0/s1. The van der Waals surface area contributed by atoms with Crippen LogP contribution in [-0.4, -0.2) is 96.7 Å². The van der Waals surface area contributed by atoms with Crippen molar-refractivity contribution in [2.75, 3.05) is 39.6 Å². The first kappa shape index (κ1) is 86.1. The first-order valence-corrected chi connectivity index (χ1v) is 39.0. The summed E-state index contributed by atoms with van der Waals surface area (Å²) in [6, 6.07) is 0. The Morgan fingerprint density at radius 3 is 0.773 bits per heavy atom. The number of carbonyl (C=O) groups excluding carboxylic acids is 4. The summed E-state index contributed by atoms with van der Waals surface area (Å²) in [5.74, 6) is -0.599. The van der Waals surface area contributed by atoms with E-state index in [2.05, 4.69) is 41.5 Å². The van der Waals surface area contributed by atoms with Gasteiger partial charge in [-0.2, -0.15) is 0 Å². The van der Waals surface area contributed by atoms with Gasteiger partial charge in [0.05, 0.1) is 26.4 Å². The maximum atomic E-state index is 13.0. The molecule has 2 unspecified atom stereocenters. The highest BCUT2D eigenvalue weighted by molar-refractivity contribution is 7.47. The molecule has 0 heterocycles. The number of phosphoric ester groups is 2. The third-order valence-electron chi connectivity index (χ3n) is 16.0. The van der Waals surface area contributed by atoms with Gasteiger partial charge >= 0.3 is 39.5 Å². The van der Waals surface area contributed by atoms with E-state index >= 15 is 0 Å². The monoisotopic (exact) mass is 1300 g/mol. The summed E-state index contributed by atoms with van der Waals surface area (Å²) in [7, 11) is -9.89. The van der Waals surface area contributed by atoms with Crippen molar-refractivity contribution in [1.82, 2.24) is 0 Å². The summed E-state index contributed by atoms with van der Waals surface area (Å²) in [6.07, 6.45) is 45.8. The molecule has 0 rings (SSSR count). The Bertz CT molecular complexity index is 1720. The summed E-state index contributed by atoms with van der Waals surface area (Å²) in [5, 5.41) is 10.6. The third-order valence-corrected chi connectivity index (χ3v) is 17.9. The van der Waals surface area contributed by atoms with Crippen molar-refractivity contribution in [2.45, 2.75) is 368 Å². The third kappa shape index (κ3) is 62.8. The van der Waals surface area contributed by atoms with Gasteiger partial charge in [-0.1, -0.05) is 298 Å². The lowest BCUT2D eigenvalue weighted by atomic mass is 10.0. The smallest absolute Gasteiger partial charge is 0.462 e. The molecule has 0 aromatic heterocycles. The van der Waals surface area contributed by atoms with Gasteiger partial charge in [-0.15, -0.1) is 0 Å². The molecular formula is C69H134O17P2. The summed E-state index contributed by atoms with van der Waals surface area (Å²) in [6.45, 7) is 9.51. The molecule has 5 atom stereocenters. The van der Waals surface area contributed by atoms with E-state index in [4.69, 9.17) is 37.0 Å². The first-order valence-electron chi connectivity index (χ1n) is 36.0. The van der Waals surface area contributed by atoms with Crippen LogP contribution in [0, 0.1) is 11.8 Å². The molecule has 0 aliphatic heterocycles. The molecule has 0 aromatic rings. The Hall–Kier alpha value is -1.94. The fourth-order valence-corrected chi connectivity index (χ4v) is 12.0. The molecule has 0 bridgehead atoms. The zero-order chi connectivity index (χ0) is 65.0. The number of aliphatic hydroxyl groups excluding tert-OH is 1. The van der Waals surface area contributed by atoms with Crippen molar-refractivity contribution in [3.63, 3.8) is 0 Å². The van der Waals surface area contributed by atoms with E-state index in [9.17, 15) is 43.2 Å². The number of hydrogen-bond donors (Lipinski definition) is 3. The Kier molecular flexibility index (Phi) is 59.9. The summed E-state index contributed by atoms with van der Waals surface area (Å²) in [4.78, 5) is 72.4. The van der Waals surface area contributed by atoms with E-state index < -0.39 is 97.5 Å². The highest BCUT2D eigenvalue weighted by Crippen LogP contribution is 2.45. The lowest BCUT2D eigenvalue weighted by molar-refractivity contribution is -0.161. The Balaban J connectivity index is 5.20. The predicted molar refractivity (Wildman–Crippen MR) is 354 cm³/mol. The van der Waals surface area contributed by atoms with E-state index in [0.717, 1.165) is 102 Å². The van der Waals surface area contributed by atoms with Crippen molar-refractivity contribution in [3.05, 3.63) is 0 Å². The highest BCUT2D eigenvalue weighted by atomic mass is 31.2. The molecule has 3 N–H and O–H groups in total. The number of esters is 4. The van der Waals surface area contributed by atoms with E-state index in [1.54, 1.807) is 0 Å². The van der Waals surface area contributed by atoms with Crippen LogP contribution in [0.5, 0.6) is 0 Å². The van der Waals surface area contributed by atoms with Crippen molar-refractivity contribution < 1.29 is 80.2 Å². The van der Waals surface area contributed by atoms with Gasteiger partial charge in [-0.25, -0.2) is 9.13 Å². The molecule has 88 heavy (non-hydrogen) atoms. The maximum Gasteiger partial charge on any atom is 0.472 e. The quantitative estimate of drug-likeness (QED) is 0.0222. The molecule has 0 radical (unpaired) electrons. The van der Waals surface area contributed by atoms with Crippen molar-refractivity contribution >= 4 is 39.5 Å². The predicted octanol–water partition coefficient (Wildman–Crippen LogP) is 19.6. The summed E-state index contributed by atoms with van der Waals surface area (Å²) < 4.78 is 68.2. The molecule has 0 aliphatic rings. The molecule has 19 heteroatoms. The van der Waals surface area contributed by atoms with Gasteiger partial charge in [0, 0.05) is 25.7 Å². The van der Waals surface area contributed by atoms with Crippen LogP contribution in [-0.2, 0) is 65.4 Å². The van der Waals surface area contributed by atoms with Gasteiger partial charge in [-0.05, 0) is 37.5 Å². The number of hydrogen-bond acceptors (Lipinski definition) is 15.